The fourth-order valence-corrected chi connectivity index (χ4v) is 7.33. The molecule has 162 valence electrons. The minimum Gasteiger partial charge on any atom is -0.508 e. The summed E-state index contributed by atoms with van der Waals surface area (Å²) in [6.45, 7) is 2.30. The molecular weight excluding hydrogens is 410 g/mol. The van der Waals surface area contributed by atoms with Crippen LogP contribution >= 0.6 is 11.6 Å². The highest BCUT2D eigenvalue weighted by atomic mass is 35.5. The molecule has 2 N–H and O–H groups in total. The highest BCUT2D eigenvalue weighted by molar-refractivity contribution is 6.30. The number of hydrogen-bond donors (Lipinski definition) is 2. The van der Waals surface area contributed by atoms with Crippen molar-refractivity contribution in [1.82, 2.24) is 0 Å². The van der Waals surface area contributed by atoms with Crippen LogP contribution in [0.5, 0.6) is 11.5 Å². The number of ether oxygens (including phenoxy) is 1. The van der Waals surface area contributed by atoms with Crippen molar-refractivity contribution < 1.29 is 14.9 Å². The maximum Gasteiger partial charge on any atom is 0.125 e. The van der Waals surface area contributed by atoms with Gasteiger partial charge in [0.05, 0.1) is 13.2 Å². The van der Waals surface area contributed by atoms with Crippen LogP contribution in [0.15, 0.2) is 35.3 Å². The zero-order valence-corrected chi connectivity index (χ0v) is 18.7. The van der Waals surface area contributed by atoms with Gasteiger partial charge in [-0.15, -0.1) is 0 Å². The first-order chi connectivity index (χ1) is 14.9. The number of halogens is 1. The minimum atomic E-state index is -0.337. The molecule has 6 atom stereocenters. The second-order valence-electron chi connectivity index (χ2n) is 10.1. The maximum atomic E-state index is 10.7. The predicted octanol–water partition coefficient (Wildman–Crippen LogP) is 5.62. The highest BCUT2D eigenvalue weighted by Gasteiger charge is 2.55. The third-order valence-corrected chi connectivity index (χ3v) is 9.03. The Hall–Kier alpha value is -2.04. The minimum absolute atomic E-state index is 0.0256. The number of aliphatic hydroxyl groups excluding tert-OH is 1. The van der Waals surface area contributed by atoms with Gasteiger partial charge in [-0.2, -0.15) is 0 Å². The maximum absolute atomic E-state index is 10.7. The van der Waals surface area contributed by atoms with Gasteiger partial charge < -0.3 is 14.9 Å². The second kappa shape index (κ2) is 6.73. The van der Waals surface area contributed by atoms with Gasteiger partial charge >= 0.3 is 0 Å². The Labute approximate surface area is 187 Å². The summed E-state index contributed by atoms with van der Waals surface area (Å²) in [4.78, 5) is 5.21. The predicted molar refractivity (Wildman–Crippen MR) is 121 cm³/mol. The zero-order chi connectivity index (χ0) is 21.5. The lowest BCUT2D eigenvalue weighted by Gasteiger charge is -2.50. The van der Waals surface area contributed by atoms with Crippen LogP contribution in [0.4, 0.5) is 0 Å². The van der Waals surface area contributed by atoms with Crippen LogP contribution in [-0.2, 0) is 0 Å². The first-order valence-electron chi connectivity index (χ1n) is 11.4. The molecule has 2 saturated carbocycles. The number of benzene rings is 2. The second-order valence-corrected chi connectivity index (χ2v) is 10.5. The van der Waals surface area contributed by atoms with E-state index < -0.39 is 0 Å². The number of fused-ring (bicyclic) bond motifs is 5. The molecule has 2 aromatic rings. The third-order valence-electron chi connectivity index (χ3n) is 8.79. The molecular formula is C26H28ClNO3. The largest absolute Gasteiger partial charge is 0.508 e. The van der Waals surface area contributed by atoms with Crippen molar-refractivity contribution in [1.29, 1.82) is 0 Å². The molecule has 2 aliphatic heterocycles. The van der Waals surface area contributed by atoms with E-state index in [2.05, 4.69) is 19.1 Å². The van der Waals surface area contributed by atoms with Crippen molar-refractivity contribution in [3.05, 3.63) is 57.6 Å². The molecule has 2 aromatic carbocycles. The molecule has 0 saturated heterocycles. The van der Waals surface area contributed by atoms with Gasteiger partial charge in [0, 0.05) is 27.4 Å². The Kier molecular flexibility index (Phi) is 4.26. The molecule has 0 aromatic heterocycles. The van der Waals surface area contributed by atoms with Crippen LogP contribution < -0.4 is 4.74 Å². The van der Waals surface area contributed by atoms with Gasteiger partial charge in [0.1, 0.15) is 17.5 Å². The van der Waals surface area contributed by atoms with Crippen molar-refractivity contribution in [2.75, 3.05) is 7.11 Å². The van der Waals surface area contributed by atoms with Crippen molar-refractivity contribution in [2.24, 2.45) is 22.2 Å². The van der Waals surface area contributed by atoms with Crippen LogP contribution in [0, 0.1) is 17.3 Å². The van der Waals surface area contributed by atoms with E-state index in [-0.39, 0.29) is 23.3 Å². The fraction of sp³-hybridized carbons (Fsp3) is 0.500. The van der Waals surface area contributed by atoms with Crippen molar-refractivity contribution >= 4 is 17.3 Å². The monoisotopic (exact) mass is 437 g/mol. The first-order valence-corrected chi connectivity index (χ1v) is 11.7. The zero-order valence-electron chi connectivity index (χ0n) is 17.9. The molecule has 0 spiro atoms. The topological polar surface area (TPSA) is 62.0 Å². The highest BCUT2D eigenvalue weighted by Crippen LogP contribution is 2.62. The van der Waals surface area contributed by atoms with Gasteiger partial charge in [-0.1, -0.05) is 18.5 Å². The number of aliphatic imine (C=N–C) groups is 1. The Morgan fingerprint density at radius 2 is 1.94 bits per heavy atom. The SMILES string of the molecule is COc1cc2c3cc1C(c1cc(Cl)ccc1O)N=C2C[C@@H]1[C@@H]3CC[C@]2(C)[C@H](O)CC[C@@H]12. The number of aromatic hydroxyl groups is 1. The van der Waals surface area contributed by atoms with Crippen molar-refractivity contribution in [2.45, 2.75) is 57.1 Å². The normalized spacial score (nSPS) is 35.2. The number of phenols is 1. The summed E-state index contributed by atoms with van der Waals surface area (Å²) in [6.07, 6.45) is 4.93. The van der Waals surface area contributed by atoms with Gasteiger partial charge in [0.2, 0.25) is 0 Å². The van der Waals surface area contributed by atoms with Crippen LogP contribution in [0.25, 0.3) is 0 Å². The summed E-state index contributed by atoms with van der Waals surface area (Å²) in [5, 5.41) is 22.0. The van der Waals surface area contributed by atoms with Gasteiger partial charge in [-0.25, -0.2) is 0 Å². The van der Waals surface area contributed by atoms with E-state index >= 15 is 0 Å². The molecule has 4 bridgehead atoms. The molecule has 3 aliphatic carbocycles. The standard InChI is InChI=1S/C26H28ClNO3/c1-26-8-7-14-15-10-19-23(31-2)12-17(15)21(11-16(14)20(26)4-6-24(26)30)28-25(19)18-9-13(27)3-5-22(18)29/h3,5,9-10,12,14,16,20,24-25,29-30H,4,6-8,11H2,1-2H3/t14-,16-,20+,24-,25?,26+/m1/s1. The van der Waals surface area contributed by atoms with E-state index in [1.807, 2.05) is 6.07 Å². The van der Waals surface area contributed by atoms with E-state index in [4.69, 9.17) is 21.3 Å². The molecule has 0 amide bonds. The van der Waals surface area contributed by atoms with E-state index in [9.17, 15) is 10.2 Å². The van der Waals surface area contributed by atoms with Crippen LogP contribution in [-0.4, -0.2) is 29.1 Å². The Balaban J connectivity index is 1.52. The Morgan fingerprint density at radius 3 is 2.74 bits per heavy atom. The molecule has 31 heavy (non-hydrogen) atoms. The Bertz CT molecular complexity index is 1110. The van der Waals surface area contributed by atoms with Crippen molar-refractivity contribution in [3.63, 3.8) is 0 Å². The molecule has 5 heteroatoms. The van der Waals surface area contributed by atoms with Crippen LogP contribution in [0.3, 0.4) is 0 Å². The smallest absolute Gasteiger partial charge is 0.125 e. The molecule has 2 fully saturated rings. The molecule has 4 nitrogen and oxygen atoms in total. The summed E-state index contributed by atoms with van der Waals surface area (Å²) in [6, 6.07) is 9.25. The average molecular weight is 438 g/mol. The third kappa shape index (κ3) is 2.67. The van der Waals surface area contributed by atoms with Gasteiger partial charge in [0.15, 0.2) is 0 Å². The number of hydrogen-bond acceptors (Lipinski definition) is 4. The number of nitrogens with zero attached hydrogens (tertiary/aromatic N) is 1. The summed E-state index contributed by atoms with van der Waals surface area (Å²) in [5.41, 5.74) is 5.41. The number of rotatable bonds is 2. The lowest BCUT2D eigenvalue weighted by molar-refractivity contribution is -0.0176. The van der Waals surface area contributed by atoms with E-state index in [1.54, 1.807) is 19.2 Å². The number of phenolic OH excluding ortho intramolecular Hbond substituents is 1. The summed E-state index contributed by atoms with van der Waals surface area (Å²) >= 11 is 6.29. The lowest BCUT2D eigenvalue weighted by Crippen LogP contribution is -2.44. The summed E-state index contributed by atoms with van der Waals surface area (Å²) in [7, 11) is 1.70. The van der Waals surface area contributed by atoms with Crippen LogP contribution in [0.1, 0.15) is 73.2 Å². The molecule has 5 aliphatic rings. The Morgan fingerprint density at radius 1 is 1.10 bits per heavy atom. The van der Waals surface area contributed by atoms with Gasteiger partial charge in [-0.3, -0.25) is 4.99 Å². The van der Waals surface area contributed by atoms with Crippen LogP contribution in [0.2, 0.25) is 5.02 Å². The average Bonchev–Trinajstić information content (AvgIpc) is 2.92. The summed E-state index contributed by atoms with van der Waals surface area (Å²) in [5.74, 6) is 2.55. The van der Waals surface area contributed by atoms with Gasteiger partial charge in [0.25, 0.3) is 0 Å². The first kappa shape index (κ1) is 19.6. The number of methoxy groups -OCH3 is 1. The molecule has 0 radical (unpaired) electrons. The fourth-order valence-electron chi connectivity index (χ4n) is 7.15. The summed E-state index contributed by atoms with van der Waals surface area (Å²) < 4.78 is 5.77. The van der Waals surface area contributed by atoms with E-state index in [1.165, 1.54) is 11.1 Å². The van der Waals surface area contributed by atoms with Crippen molar-refractivity contribution in [3.8, 4) is 11.5 Å². The molecule has 1 unspecified atom stereocenters. The van der Waals surface area contributed by atoms with Gasteiger partial charge in [-0.05, 0) is 91.2 Å². The lowest BCUT2D eigenvalue weighted by atomic mass is 9.55. The number of aliphatic hydroxyl groups is 1. The molecule has 7 rings (SSSR count). The quantitative estimate of drug-likeness (QED) is 0.640. The molecule has 2 heterocycles. The van der Waals surface area contributed by atoms with E-state index in [0.29, 0.717) is 28.3 Å². The van der Waals surface area contributed by atoms with E-state index in [0.717, 1.165) is 49.1 Å².